The second-order valence-electron chi connectivity index (χ2n) is 7.74. The molecule has 6 heteroatoms. The molecule has 0 atom stereocenters. The lowest BCUT2D eigenvalue weighted by Gasteiger charge is -2.04. The topological polar surface area (TPSA) is 78.4 Å². The molecule has 4 aromatic rings. The van der Waals surface area contributed by atoms with Gasteiger partial charge < -0.3 is 10.5 Å². The van der Waals surface area contributed by atoms with Gasteiger partial charge in [-0.05, 0) is 60.2 Å². The maximum absolute atomic E-state index is 11.6. The van der Waals surface area contributed by atoms with E-state index in [1.165, 1.54) is 17.7 Å². The number of anilines is 1. The Bertz CT molecular complexity index is 1490. The van der Waals surface area contributed by atoms with Crippen LogP contribution < -0.4 is 10.5 Å². The van der Waals surface area contributed by atoms with Crippen molar-refractivity contribution in [3.8, 4) is 29.4 Å². The number of thioether (sulfide) groups is 1. The van der Waals surface area contributed by atoms with Crippen molar-refractivity contribution in [2.45, 2.75) is 10.6 Å². The minimum atomic E-state index is -0.464. The molecule has 0 saturated heterocycles. The van der Waals surface area contributed by atoms with Gasteiger partial charge in [0, 0.05) is 33.5 Å². The Balaban J connectivity index is 1.48. The number of benzene rings is 4. The first-order valence-corrected chi connectivity index (χ1v) is 12.0. The lowest BCUT2D eigenvalue weighted by molar-refractivity contribution is -0.385. The van der Waals surface area contributed by atoms with E-state index < -0.39 is 4.92 Å². The van der Waals surface area contributed by atoms with Crippen molar-refractivity contribution in [3.63, 3.8) is 0 Å². The van der Waals surface area contributed by atoms with Crippen molar-refractivity contribution >= 4 is 23.1 Å². The highest BCUT2D eigenvalue weighted by Gasteiger charge is 2.15. The standard InChI is InChI=1S/C30H22N2O3S/c1-35-27-15-9-24(10-16-27)21-36-28-17-11-23(12-18-28)7-13-25-20-30(32(33)34)26(19-29(25)31)14-8-22-5-3-2-4-6-22/h2-6,9-12,15-20H,21,31H2,1H3. The average molecular weight is 491 g/mol. The van der Waals surface area contributed by atoms with Crippen LogP contribution in [0.25, 0.3) is 0 Å². The Labute approximate surface area is 214 Å². The lowest BCUT2D eigenvalue weighted by Crippen LogP contribution is -1.98. The number of nitrogens with zero attached hydrogens (tertiary/aromatic N) is 1. The van der Waals surface area contributed by atoms with Gasteiger partial charge >= 0.3 is 0 Å². The second-order valence-corrected chi connectivity index (χ2v) is 8.79. The molecule has 0 saturated carbocycles. The zero-order valence-corrected chi connectivity index (χ0v) is 20.3. The average Bonchev–Trinajstić information content (AvgIpc) is 2.91. The quantitative estimate of drug-likeness (QED) is 0.117. The number of rotatable bonds is 5. The number of nitro benzene ring substituents is 1. The van der Waals surface area contributed by atoms with Gasteiger partial charge in [-0.1, -0.05) is 54.0 Å². The highest BCUT2D eigenvalue weighted by molar-refractivity contribution is 7.98. The Morgan fingerprint density at radius 1 is 0.833 bits per heavy atom. The van der Waals surface area contributed by atoms with Gasteiger partial charge in [-0.2, -0.15) is 0 Å². The van der Waals surface area contributed by atoms with Crippen LogP contribution in [0.3, 0.4) is 0 Å². The van der Waals surface area contributed by atoms with Crippen molar-refractivity contribution in [2.24, 2.45) is 0 Å². The summed E-state index contributed by atoms with van der Waals surface area (Å²) >= 11 is 1.73. The van der Waals surface area contributed by atoms with Gasteiger partial charge in [0.25, 0.3) is 5.69 Å². The molecule has 0 amide bonds. The van der Waals surface area contributed by atoms with Crippen molar-refractivity contribution in [1.29, 1.82) is 0 Å². The van der Waals surface area contributed by atoms with Crippen LogP contribution in [-0.4, -0.2) is 12.0 Å². The van der Waals surface area contributed by atoms with Crippen molar-refractivity contribution in [2.75, 3.05) is 12.8 Å². The van der Waals surface area contributed by atoms with Gasteiger partial charge in [-0.3, -0.25) is 10.1 Å². The summed E-state index contributed by atoms with van der Waals surface area (Å²) < 4.78 is 5.19. The van der Waals surface area contributed by atoms with Gasteiger partial charge in [-0.15, -0.1) is 11.8 Å². The van der Waals surface area contributed by atoms with Gasteiger partial charge in [0.2, 0.25) is 0 Å². The Kier molecular flexibility index (Phi) is 7.93. The van der Waals surface area contributed by atoms with Gasteiger partial charge in [-0.25, -0.2) is 0 Å². The van der Waals surface area contributed by atoms with Crippen LogP contribution in [0.15, 0.2) is 95.9 Å². The monoisotopic (exact) mass is 490 g/mol. The maximum Gasteiger partial charge on any atom is 0.286 e. The number of nitro groups is 1. The zero-order chi connectivity index (χ0) is 25.3. The summed E-state index contributed by atoms with van der Waals surface area (Å²) in [7, 11) is 1.65. The molecule has 0 aliphatic rings. The van der Waals surface area contributed by atoms with E-state index in [-0.39, 0.29) is 11.3 Å². The van der Waals surface area contributed by atoms with E-state index in [9.17, 15) is 10.1 Å². The third kappa shape index (κ3) is 6.48. The number of hydrogen-bond donors (Lipinski definition) is 1. The molecule has 2 N–H and O–H groups in total. The molecule has 4 rings (SSSR count). The number of methoxy groups -OCH3 is 1. The Hall–Kier alpha value is -4.65. The Morgan fingerprint density at radius 2 is 1.47 bits per heavy atom. The summed E-state index contributed by atoms with van der Waals surface area (Å²) in [5, 5.41) is 11.6. The van der Waals surface area contributed by atoms with Crippen LogP contribution >= 0.6 is 11.8 Å². The first kappa shape index (κ1) is 24.5. The van der Waals surface area contributed by atoms with E-state index in [1.807, 2.05) is 78.9 Å². The minimum Gasteiger partial charge on any atom is -0.497 e. The molecule has 0 unspecified atom stereocenters. The number of nitrogens with two attached hydrogens (primary N) is 1. The van der Waals surface area contributed by atoms with Gasteiger partial charge in [0.15, 0.2) is 0 Å². The van der Waals surface area contributed by atoms with Gasteiger partial charge in [0.05, 0.1) is 17.6 Å². The minimum absolute atomic E-state index is 0.123. The van der Waals surface area contributed by atoms with Crippen LogP contribution in [0, 0.1) is 33.8 Å². The van der Waals surface area contributed by atoms with E-state index in [2.05, 4.69) is 23.7 Å². The molecule has 176 valence electrons. The molecular formula is C30H22N2O3S. The highest BCUT2D eigenvalue weighted by Crippen LogP contribution is 2.26. The molecule has 0 spiro atoms. The summed E-state index contributed by atoms with van der Waals surface area (Å²) in [5.41, 5.74) is 9.79. The smallest absolute Gasteiger partial charge is 0.286 e. The summed E-state index contributed by atoms with van der Waals surface area (Å²) in [5.74, 6) is 13.5. The van der Waals surface area contributed by atoms with E-state index in [4.69, 9.17) is 10.5 Å². The first-order chi connectivity index (χ1) is 17.5. The van der Waals surface area contributed by atoms with Crippen LogP contribution in [-0.2, 0) is 5.75 Å². The zero-order valence-electron chi connectivity index (χ0n) is 19.5. The highest BCUT2D eigenvalue weighted by atomic mass is 32.2. The molecular weight excluding hydrogens is 468 g/mol. The largest absolute Gasteiger partial charge is 0.497 e. The third-order valence-corrected chi connectivity index (χ3v) is 6.32. The summed E-state index contributed by atoms with van der Waals surface area (Å²) in [6.45, 7) is 0. The predicted octanol–water partition coefficient (Wildman–Crippen LogP) is 6.28. The molecule has 0 fully saturated rings. The molecule has 0 aliphatic heterocycles. The Morgan fingerprint density at radius 3 is 2.11 bits per heavy atom. The maximum atomic E-state index is 11.6. The number of hydrogen-bond acceptors (Lipinski definition) is 5. The van der Waals surface area contributed by atoms with Crippen molar-refractivity contribution in [3.05, 3.63) is 129 Å². The van der Waals surface area contributed by atoms with E-state index in [1.54, 1.807) is 18.9 Å². The molecule has 0 radical (unpaired) electrons. The lowest BCUT2D eigenvalue weighted by atomic mass is 10.1. The summed E-state index contributed by atoms with van der Waals surface area (Å²) in [4.78, 5) is 12.3. The molecule has 4 aromatic carbocycles. The molecule has 0 bridgehead atoms. The molecule has 0 aromatic heterocycles. The predicted molar refractivity (Wildman–Crippen MR) is 145 cm³/mol. The first-order valence-electron chi connectivity index (χ1n) is 11.0. The number of nitrogen functional groups attached to an aromatic ring is 1. The third-order valence-electron chi connectivity index (χ3n) is 5.24. The molecule has 36 heavy (non-hydrogen) atoms. The normalized spacial score (nSPS) is 9.92. The van der Waals surface area contributed by atoms with Crippen LogP contribution in [0.2, 0.25) is 0 Å². The fourth-order valence-electron chi connectivity index (χ4n) is 3.29. The fourth-order valence-corrected chi connectivity index (χ4v) is 4.14. The number of ether oxygens (including phenoxy) is 1. The summed E-state index contributed by atoms with van der Waals surface area (Å²) in [6, 6.07) is 28.0. The van der Waals surface area contributed by atoms with Gasteiger partial charge in [0.1, 0.15) is 11.3 Å². The molecule has 5 nitrogen and oxygen atoms in total. The summed E-state index contributed by atoms with van der Waals surface area (Å²) in [6.07, 6.45) is 0. The van der Waals surface area contributed by atoms with Crippen molar-refractivity contribution in [1.82, 2.24) is 0 Å². The second kappa shape index (κ2) is 11.7. The SMILES string of the molecule is COc1ccc(CSc2ccc(C#Cc3cc([N+](=O)[O-])c(C#Cc4ccccc4)cc3N)cc2)cc1. The van der Waals surface area contributed by atoms with Crippen LogP contribution in [0.4, 0.5) is 11.4 Å². The van der Waals surface area contributed by atoms with Crippen LogP contribution in [0.1, 0.15) is 27.8 Å². The fraction of sp³-hybridized carbons (Fsp3) is 0.0667. The van der Waals surface area contributed by atoms with E-state index >= 15 is 0 Å². The molecule has 0 aliphatic carbocycles. The van der Waals surface area contributed by atoms with Crippen LogP contribution in [0.5, 0.6) is 5.75 Å². The van der Waals surface area contributed by atoms with E-state index in [0.29, 0.717) is 11.3 Å². The van der Waals surface area contributed by atoms with Crippen molar-refractivity contribution < 1.29 is 9.66 Å². The van der Waals surface area contributed by atoms with E-state index in [0.717, 1.165) is 27.5 Å². The molecule has 0 heterocycles.